The van der Waals surface area contributed by atoms with E-state index in [1.807, 2.05) is 38.1 Å². The van der Waals surface area contributed by atoms with Gasteiger partial charge >= 0.3 is 0 Å². The fourth-order valence-electron chi connectivity index (χ4n) is 3.28. The zero-order chi connectivity index (χ0) is 18.6. The van der Waals surface area contributed by atoms with E-state index in [2.05, 4.69) is 30.3 Å². The number of aliphatic hydroxyl groups is 2. The molecule has 1 aliphatic rings. The van der Waals surface area contributed by atoms with E-state index < -0.39 is 11.7 Å². The zero-order valence-electron chi connectivity index (χ0n) is 15.3. The summed E-state index contributed by atoms with van der Waals surface area (Å²) in [6.45, 7) is 4.22. The summed E-state index contributed by atoms with van der Waals surface area (Å²) in [5, 5.41) is 23.6. The van der Waals surface area contributed by atoms with Crippen LogP contribution in [-0.2, 0) is 9.47 Å². The summed E-state index contributed by atoms with van der Waals surface area (Å²) in [7, 11) is 0. The maximum absolute atomic E-state index is 9.49. The van der Waals surface area contributed by atoms with Gasteiger partial charge in [-0.3, -0.25) is 0 Å². The largest absolute Gasteiger partial charge is 0.396 e. The fraction of sp³-hybridized carbons (Fsp3) is 0.364. The predicted molar refractivity (Wildman–Crippen MR) is 104 cm³/mol. The van der Waals surface area contributed by atoms with Gasteiger partial charge in [0, 0.05) is 5.56 Å². The van der Waals surface area contributed by atoms with Crippen LogP contribution in [0, 0.1) is 5.41 Å². The average Bonchev–Trinajstić information content (AvgIpc) is 2.75. The van der Waals surface area contributed by atoms with E-state index in [9.17, 15) is 10.2 Å². The second kappa shape index (κ2) is 8.14. The first-order valence-electron chi connectivity index (χ1n) is 9.12. The van der Waals surface area contributed by atoms with Crippen LogP contribution in [0.5, 0.6) is 0 Å². The monoisotopic (exact) mass is 354 g/mol. The van der Waals surface area contributed by atoms with Crippen LogP contribution in [0.1, 0.15) is 25.7 Å². The third kappa shape index (κ3) is 3.33. The molecule has 0 bridgehead atoms. The molecular formula is C22H26O4. The van der Waals surface area contributed by atoms with Gasteiger partial charge in [-0.05, 0) is 27.6 Å². The fourth-order valence-corrected chi connectivity index (χ4v) is 3.28. The van der Waals surface area contributed by atoms with Crippen LogP contribution in [0.3, 0.4) is 0 Å². The number of aliphatic hydroxyl groups excluding tert-OH is 2. The first kappa shape index (κ1) is 18.8. The van der Waals surface area contributed by atoms with E-state index in [0.29, 0.717) is 0 Å². The van der Waals surface area contributed by atoms with Crippen LogP contribution in [0.25, 0.3) is 21.5 Å². The molecule has 1 heterocycles. The molecule has 1 saturated heterocycles. The number of benzene rings is 3. The number of fused-ring (bicyclic) bond motifs is 3. The van der Waals surface area contributed by atoms with Gasteiger partial charge < -0.3 is 19.7 Å². The summed E-state index contributed by atoms with van der Waals surface area (Å²) in [5.74, 6) is 0. The van der Waals surface area contributed by atoms with Gasteiger partial charge in [0.2, 0.25) is 0 Å². The number of hydrogen-bond acceptors (Lipinski definition) is 4. The zero-order valence-corrected chi connectivity index (χ0v) is 15.3. The number of ether oxygens (including phenoxy) is 2. The van der Waals surface area contributed by atoms with Gasteiger partial charge in [-0.2, -0.15) is 0 Å². The molecule has 1 aliphatic heterocycles. The van der Waals surface area contributed by atoms with Crippen LogP contribution in [0.15, 0.2) is 54.6 Å². The Morgan fingerprint density at radius 1 is 0.846 bits per heavy atom. The quantitative estimate of drug-likeness (QED) is 0.697. The highest BCUT2D eigenvalue weighted by molar-refractivity contribution is 6.09. The van der Waals surface area contributed by atoms with Crippen LogP contribution < -0.4 is 0 Å². The van der Waals surface area contributed by atoms with Gasteiger partial charge in [0.25, 0.3) is 0 Å². The van der Waals surface area contributed by atoms with E-state index in [1.165, 1.54) is 10.8 Å². The Bertz CT molecular complexity index is 860. The van der Waals surface area contributed by atoms with Crippen molar-refractivity contribution in [3.8, 4) is 0 Å². The van der Waals surface area contributed by atoms with E-state index in [-0.39, 0.29) is 26.4 Å². The van der Waals surface area contributed by atoms with Crippen LogP contribution in [-0.4, -0.2) is 36.6 Å². The molecule has 0 amide bonds. The van der Waals surface area contributed by atoms with Gasteiger partial charge in [-0.15, -0.1) is 0 Å². The maximum Gasteiger partial charge on any atom is 0.184 e. The van der Waals surface area contributed by atoms with Crippen molar-refractivity contribution in [2.24, 2.45) is 5.41 Å². The van der Waals surface area contributed by atoms with Crippen molar-refractivity contribution in [3.63, 3.8) is 0 Å². The Morgan fingerprint density at radius 2 is 1.38 bits per heavy atom. The van der Waals surface area contributed by atoms with E-state index in [0.717, 1.165) is 16.3 Å². The molecule has 3 aromatic carbocycles. The Hall–Kier alpha value is -1.98. The van der Waals surface area contributed by atoms with E-state index >= 15 is 0 Å². The summed E-state index contributed by atoms with van der Waals surface area (Å²) in [5.41, 5.74) is 0.261. The second-order valence-corrected chi connectivity index (χ2v) is 6.50. The van der Waals surface area contributed by atoms with Crippen molar-refractivity contribution < 1.29 is 19.7 Å². The Balaban J connectivity index is 0.000000948. The van der Waals surface area contributed by atoms with Gasteiger partial charge in [-0.25, -0.2) is 0 Å². The highest BCUT2D eigenvalue weighted by Crippen LogP contribution is 2.37. The molecule has 2 N–H and O–H groups in total. The van der Waals surface area contributed by atoms with Gasteiger partial charge in [-0.1, -0.05) is 62.4 Å². The summed E-state index contributed by atoms with van der Waals surface area (Å²) < 4.78 is 11.8. The molecule has 4 nitrogen and oxygen atoms in total. The predicted octanol–water partition coefficient (Wildman–Crippen LogP) is 4.04. The molecule has 0 radical (unpaired) electrons. The smallest absolute Gasteiger partial charge is 0.184 e. The van der Waals surface area contributed by atoms with Crippen molar-refractivity contribution in [2.75, 3.05) is 26.4 Å². The highest BCUT2D eigenvalue weighted by atomic mass is 16.7. The highest BCUT2D eigenvalue weighted by Gasteiger charge is 2.37. The second-order valence-electron chi connectivity index (χ2n) is 6.50. The molecule has 0 atom stereocenters. The lowest BCUT2D eigenvalue weighted by Crippen LogP contribution is -2.44. The van der Waals surface area contributed by atoms with Crippen LogP contribution in [0.4, 0.5) is 0 Å². The summed E-state index contributed by atoms with van der Waals surface area (Å²) in [6, 6.07) is 18.6. The SMILES string of the molecule is CC.OCC1(CO)COC(c2cc3ccccc3c3ccccc23)OC1. The number of hydrogen-bond donors (Lipinski definition) is 2. The van der Waals surface area contributed by atoms with Crippen molar-refractivity contribution >= 4 is 21.5 Å². The molecule has 0 unspecified atom stereocenters. The molecule has 0 aromatic heterocycles. The molecule has 0 spiro atoms. The topological polar surface area (TPSA) is 58.9 Å². The van der Waals surface area contributed by atoms with Gasteiger partial charge in [0.15, 0.2) is 6.29 Å². The summed E-state index contributed by atoms with van der Waals surface area (Å²) in [4.78, 5) is 0. The average molecular weight is 354 g/mol. The van der Waals surface area contributed by atoms with Crippen molar-refractivity contribution in [2.45, 2.75) is 20.1 Å². The third-order valence-electron chi connectivity index (χ3n) is 4.81. The minimum Gasteiger partial charge on any atom is -0.396 e. The third-order valence-corrected chi connectivity index (χ3v) is 4.81. The molecule has 1 fully saturated rings. The van der Waals surface area contributed by atoms with Gasteiger partial charge in [0.05, 0.1) is 31.8 Å². The first-order valence-corrected chi connectivity index (χ1v) is 9.12. The van der Waals surface area contributed by atoms with E-state index in [1.54, 1.807) is 0 Å². The molecule has 26 heavy (non-hydrogen) atoms. The number of rotatable bonds is 3. The first-order chi connectivity index (χ1) is 12.8. The Kier molecular flexibility index (Phi) is 5.89. The lowest BCUT2D eigenvalue weighted by Gasteiger charge is -2.37. The molecule has 4 heteroatoms. The molecule has 0 aliphatic carbocycles. The molecule has 3 aromatic rings. The summed E-state index contributed by atoms with van der Waals surface area (Å²) in [6.07, 6.45) is -0.495. The van der Waals surface area contributed by atoms with E-state index in [4.69, 9.17) is 9.47 Å². The van der Waals surface area contributed by atoms with Crippen molar-refractivity contribution in [1.82, 2.24) is 0 Å². The minimum atomic E-state index is -0.719. The lowest BCUT2D eigenvalue weighted by molar-refractivity contribution is -0.247. The van der Waals surface area contributed by atoms with Crippen LogP contribution in [0.2, 0.25) is 0 Å². The molecule has 4 rings (SSSR count). The minimum absolute atomic E-state index is 0.158. The summed E-state index contributed by atoms with van der Waals surface area (Å²) >= 11 is 0. The molecule has 138 valence electrons. The molecular weight excluding hydrogens is 328 g/mol. The Morgan fingerprint density at radius 3 is 2.00 bits per heavy atom. The van der Waals surface area contributed by atoms with Crippen molar-refractivity contribution in [1.29, 1.82) is 0 Å². The lowest BCUT2D eigenvalue weighted by atomic mass is 9.91. The van der Waals surface area contributed by atoms with Crippen LogP contribution >= 0.6 is 0 Å². The molecule has 0 saturated carbocycles. The van der Waals surface area contributed by atoms with Gasteiger partial charge in [0.1, 0.15) is 0 Å². The standard InChI is InChI=1S/C20H20O4.C2H6/c21-10-20(11-22)12-23-19(24-13-20)18-9-14-5-1-2-6-15(14)16-7-3-4-8-17(16)18;1-2/h1-9,19,21-22H,10-13H2;1-2H3. The normalized spacial score (nSPS) is 17.1. The van der Waals surface area contributed by atoms with Crippen molar-refractivity contribution in [3.05, 3.63) is 60.2 Å². The maximum atomic E-state index is 9.49. The Labute approximate surface area is 154 Å².